The molecule has 1 atom stereocenters. The van der Waals surface area contributed by atoms with Gasteiger partial charge in [-0.1, -0.05) is 25.8 Å². The van der Waals surface area contributed by atoms with E-state index in [0.717, 1.165) is 5.56 Å². The second-order valence-corrected chi connectivity index (χ2v) is 7.25. The first-order valence-electron chi connectivity index (χ1n) is 13.8. The van der Waals surface area contributed by atoms with Crippen LogP contribution in [0.1, 0.15) is 47.3 Å². The molecule has 0 saturated heterocycles. The number of rotatable bonds is 13. The Balaban J connectivity index is 2.33. The van der Waals surface area contributed by atoms with E-state index in [0.29, 0.717) is 36.8 Å². The lowest BCUT2D eigenvalue weighted by Crippen LogP contribution is -2.32. The van der Waals surface area contributed by atoms with Crippen molar-refractivity contribution in [2.45, 2.75) is 38.4 Å². The lowest BCUT2D eigenvalue weighted by Gasteiger charge is -2.32. The minimum absolute atomic E-state index is 0.0650. The lowest BCUT2D eigenvalue weighted by atomic mass is 9.70. The molecule has 1 N–H and O–H groups in total. The van der Waals surface area contributed by atoms with Crippen LogP contribution in [0.15, 0.2) is 36.4 Å². The van der Waals surface area contributed by atoms with E-state index in [2.05, 4.69) is 5.32 Å². The Labute approximate surface area is 202 Å². The molecular weight excluding hydrogens is 404 g/mol. The Morgan fingerprint density at radius 2 is 1.56 bits per heavy atom. The topological polar surface area (TPSA) is 72.7 Å². The molecule has 174 valence electrons. The Morgan fingerprint density at radius 3 is 2.16 bits per heavy atom. The molecule has 0 amide bonds. The van der Waals surface area contributed by atoms with E-state index in [1.54, 1.807) is 14.2 Å². The molecule has 0 aromatic heterocycles. The van der Waals surface area contributed by atoms with Gasteiger partial charge in [0.2, 0.25) is 0 Å². The van der Waals surface area contributed by atoms with Gasteiger partial charge in [-0.2, -0.15) is 5.26 Å². The van der Waals surface area contributed by atoms with E-state index in [1.807, 2.05) is 24.3 Å². The summed E-state index contributed by atoms with van der Waals surface area (Å²) in [6.07, 6.45) is 0.704. The molecule has 0 bridgehead atoms. The third-order valence-corrected chi connectivity index (χ3v) is 5.44. The van der Waals surface area contributed by atoms with Crippen LogP contribution in [-0.4, -0.2) is 41.5 Å². The predicted octanol–water partition coefficient (Wildman–Crippen LogP) is 4.75. The Morgan fingerprint density at radius 1 is 0.938 bits per heavy atom. The number of nitrogens with zero attached hydrogens (tertiary/aromatic N) is 1. The summed E-state index contributed by atoms with van der Waals surface area (Å²) in [5.74, 6) is -1.37. The first kappa shape index (κ1) is 16.7. The van der Waals surface area contributed by atoms with Gasteiger partial charge in [0, 0.05) is 9.60 Å². The van der Waals surface area contributed by atoms with Crippen molar-refractivity contribution in [1.29, 1.82) is 5.26 Å². The van der Waals surface area contributed by atoms with Crippen molar-refractivity contribution in [2.75, 3.05) is 41.5 Å². The van der Waals surface area contributed by atoms with Crippen LogP contribution >= 0.6 is 0 Å². The molecule has 0 heterocycles. The van der Waals surface area contributed by atoms with Gasteiger partial charge in [0.25, 0.3) is 0 Å². The molecule has 0 aliphatic carbocycles. The summed E-state index contributed by atoms with van der Waals surface area (Å²) in [5, 5.41) is 13.7. The fraction of sp³-hybridized carbons (Fsp3) is 0.500. The molecule has 0 fully saturated rings. The van der Waals surface area contributed by atoms with Gasteiger partial charge in [-0.15, -0.1) is 0 Å². The molecule has 2 rings (SSSR count). The second kappa shape index (κ2) is 12.2. The predicted molar refractivity (Wildman–Crippen MR) is 127 cm³/mol. The zero-order valence-corrected chi connectivity index (χ0v) is 19.1. The molecule has 2 aromatic rings. The van der Waals surface area contributed by atoms with E-state index in [-0.39, 0.29) is 24.2 Å². The maximum Gasteiger partial charge on any atom is 0.161 e. The average Bonchev–Trinajstić information content (AvgIpc) is 2.90. The zero-order chi connectivity index (χ0) is 29.5. The van der Waals surface area contributed by atoms with Crippen molar-refractivity contribution < 1.29 is 28.5 Å². The monoisotopic (exact) mass is 447 g/mol. The molecule has 0 aliphatic rings. The molecular formula is C26H36N2O4. The standard InChI is InChI=1S/C26H36N2O4/c1-19(2)26(18-27,21-9-11-23(30-4)25(17-21)32-6)13-7-14-28-15-12-20-8-10-22(29-3)24(16-20)31-5/h8-11,16-17,19,28H,7,12-15H2,1-6H3/i1D3,2D3,19D. The number of methoxy groups -OCH3 is 4. The first-order chi connectivity index (χ1) is 18.3. The van der Waals surface area contributed by atoms with Crippen LogP contribution < -0.4 is 24.3 Å². The Kier molecular flexibility index (Phi) is 6.37. The maximum absolute atomic E-state index is 10.4. The highest BCUT2D eigenvalue weighted by Gasteiger charge is 2.36. The van der Waals surface area contributed by atoms with Gasteiger partial charge in [-0.05, 0) is 73.6 Å². The number of ether oxygens (including phenoxy) is 4. The highest BCUT2D eigenvalue weighted by Crippen LogP contribution is 2.40. The van der Waals surface area contributed by atoms with Crippen molar-refractivity contribution in [3.8, 4) is 29.1 Å². The SMILES string of the molecule is [2H]C([2H])([2H])C([2H])(C([2H])([2H])[2H])C(C#N)(CCCNCCc1ccc(OC)c(OC)c1)c1ccc(OC)c(OC)c1. The van der Waals surface area contributed by atoms with Crippen molar-refractivity contribution >= 4 is 0 Å². The van der Waals surface area contributed by atoms with E-state index in [1.165, 1.54) is 32.4 Å². The third kappa shape index (κ3) is 5.86. The molecule has 0 aliphatic heterocycles. The highest BCUT2D eigenvalue weighted by molar-refractivity contribution is 5.47. The van der Waals surface area contributed by atoms with Crippen molar-refractivity contribution in [1.82, 2.24) is 5.32 Å². The smallest absolute Gasteiger partial charge is 0.161 e. The van der Waals surface area contributed by atoms with Crippen LogP contribution in [0.5, 0.6) is 23.0 Å². The quantitative estimate of drug-likeness (QED) is 0.447. The number of hydrogen-bond donors (Lipinski definition) is 1. The summed E-state index contributed by atoms with van der Waals surface area (Å²) in [6.45, 7) is -5.68. The maximum atomic E-state index is 10.4. The lowest BCUT2D eigenvalue weighted by molar-refractivity contribution is 0.341. The van der Waals surface area contributed by atoms with Crippen LogP contribution in [0.2, 0.25) is 0 Å². The van der Waals surface area contributed by atoms with Crippen LogP contribution in [0.25, 0.3) is 0 Å². The van der Waals surface area contributed by atoms with Crippen molar-refractivity contribution in [3.05, 3.63) is 47.5 Å². The molecule has 1 unspecified atom stereocenters. The summed E-state index contributed by atoms with van der Waals surface area (Å²) in [5.41, 5.74) is -1.14. The zero-order valence-electron chi connectivity index (χ0n) is 26.1. The van der Waals surface area contributed by atoms with E-state index < -0.39 is 25.0 Å². The van der Waals surface area contributed by atoms with Crippen LogP contribution in [-0.2, 0) is 11.8 Å². The van der Waals surface area contributed by atoms with Gasteiger partial charge < -0.3 is 24.3 Å². The molecule has 0 saturated carbocycles. The number of hydrogen-bond acceptors (Lipinski definition) is 6. The molecule has 6 nitrogen and oxygen atoms in total. The summed E-state index contributed by atoms with van der Waals surface area (Å²) in [6, 6.07) is 11.8. The Bertz CT molecular complexity index is 1130. The van der Waals surface area contributed by atoms with E-state index in [9.17, 15) is 5.26 Å². The first-order valence-corrected chi connectivity index (χ1v) is 10.3. The number of nitrogens with one attached hydrogen (secondary N) is 1. The largest absolute Gasteiger partial charge is 0.493 e. The fourth-order valence-electron chi connectivity index (χ4n) is 3.56. The summed E-state index contributed by atoms with van der Waals surface area (Å²) in [4.78, 5) is 0. The third-order valence-electron chi connectivity index (χ3n) is 5.44. The van der Waals surface area contributed by atoms with Crippen LogP contribution in [0, 0.1) is 17.2 Å². The van der Waals surface area contributed by atoms with Gasteiger partial charge in [0.15, 0.2) is 23.0 Å². The van der Waals surface area contributed by atoms with Gasteiger partial charge in [0.1, 0.15) is 0 Å². The van der Waals surface area contributed by atoms with Crippen molar-refractivity contribution in [3.63, 3.8) is 0 Å². The second-order valence-electron chi connectivity index (χ2n) is 7.25. The van der Waals surface area contributed by atoms with Gasteiger partial charge in [0.05, 0.1) is 39.9 Å². The van der Waals surface area contributed by atoms with E-state index in [4.69, 9.17) is 28.5 Å². The molecule has 0 radical (unpaired) electrons. The van der Waals surface area contributed by atoms with E-state index >= 15 is 0 Å². The minimum Gasteiger partial charge on any atom is -0.493 e. The molecule has 32 heavy (non-hydrogen) atoms. The summed E-state index contributed by atoms with van der Waals surface area (Å²) in [7, 11) is 5.92. The number of benzene rings is 2. The molecule has 0 spiro atoms. The summed E-state index contributed by atoms with van der Waals surface area (Å²) >= 11 is 0. The van der Waals surface area contributed by atoms with Crippen LogP contribution in [0.4, 0.5) is 0 Å². The number of nitriles is 1. The minimum atomic E-state index is -3.30. The summed E-state index contributed by atoms with van der Waals surface area (Å²) < 4.78 is 78.5. The normalized spacial score (nSPS) is 17.0. The van der Waals surface area contributed by atoms with Gasteiger partial charge in [-0.25, -0.2) is 0 Å². The van der Waals surface area contributed by atoms with Crippen molar-refractivity contribution in [2.24, 2.45) is 5.89 Å². The average molecular weight is 448 g/mol. The molecule has 2 aromatic carbocycles. The fourth-order valence-corrected chi connectivity index (χ4v) is 3.56. The highest BCUT2D eigenvalue weighted by atomic mass is 16.5. The van der Waals surface area contributed by atoms with Gasteiger partial charge >= 0.3 is 0 Å². The Hall–Kier alpha value is -2.91. The van der Waals surface area contributed by atoms with Gasteiger partial charge in [-0.3, -0.25) is 0 Å². The van der Waals surface area contributed by atoms with Crippen LogP contribution in [0.3, 0.4) is 0 Å². The molecule has 6 heteroatoms.